The van der Waals surface area contributed by atoms with Gasteiger partial charge in [-0.3, -0.25) is 0 Å². The predicted molar refractivity (Wildman–Crippen MR) is 65.6 cm³/mol. The lowest BCUT2D eigenvalue weighted by Crippen LogP contribution is -2.28. The van der Waals surface area contributed by atoms with Gasteiger partial charge in [-0.05, 0) is 30.9 Å². The fourth-order valence-electron chi connectivity index (χ4n) is 1.91. The maximum atomic E-state index is 13.5. The molecular weight excluding hydrogens is 299 g/mol. The Hall–Kier alpha value is -0.190. The summed E-state index contributed by atoms with van der Waals surface area (Å²) in [5.74, 6) is -0.877. The first kappa shape index (κ1) is 13.9. The van der Waals surface area contributed by atoms with Crippen molar-refractivity contribution in [2.75, 3.05) is 0 Å². The summed E-state index contributed by atoms with van der Waals surface area (Å²) in [6, 6.07) is 2.01. The van der Waals surface area contributed by atoms with Crippen molar-refractivity contribution >= 4 is 28.3 Å². The molecule has 1 aliphatic carbocycles. The zero-order chi connectivity index (χ0) is 11.0. The molecule has 0 aliphatic heterocycles. The molecule has 1 saturated carbocycles. The number of hydrogen-bond donors (Lipinski definition) is 1. The number of benzene rings is 1. The fraction of sp³-hybridized carbons (Fsp3) is 0.455. The van der Waals surface area contributed by atoms with Crippen LogP contribution in [0.3, 0.4) is 0 Å². The Labute approximate surface area is 108 Å². The van der Waals surface area contributed by atoms with Gasteiger partial charge in [-0.2, -0.15) is 0 Å². The third-order valence-corrected chi connectivity index (χ3v) is 3.49. The van der Waals surface area contributed by atoms with Crippen LogP contribution in [0.4, 0.5) is 8.78 Å². The van der Waals surface area contributed by atoms with Crippen molar-refractivity contribution in [3.8, 4) is 0 Å². The summed E-state index contributed by atoms with van der Waals surface area (Å²) in [4.78, 5) is 0. The molecule has 0 spiro atoms. The molecule has 1 aromatic rings. The van der Waals surface area contributed by atoms with Crippen molar-refractivity contribution < 1.29 is 8.78 Å². The summed E-state index contributed by atoms with van der Waals surface area (Å²) in [5.41, 5.74) is 5.89. The van der Waals surface area contributed by atoms with Crippen LogP contribution in [0.15, 0.2) is 16.6 Å². The Morgan fingerprint density at radius 2 is 1.75 bits per heavy atom. The number of hydrogen-bond acceptors (Lipinski definition) is 1. The van der Waals surface area contributed by atoms with Gasteiger partial charge in [0.1, 0.15) is 11.6 Å². The maximum absolute atomic E-state index is 13.5. The van der Waals surface area contributed by atoms with Crippen LogP contribution in [0.2, 0.25) is 0 Å². The van der Waals surface area contributed by atoms with Gasteiger partial charge < -0.3 is 5.73 Å². The molecule has 5 heteroatoms. The quantitative estimate of drug-likeness (QED) is 0.879. The van der Waals surface area contributed by atoms with Gasteiger partial charge in [0.2, 0.25) is 0 Å². The SMILES string of the molecule is Cl.N[C@@H](c1c(F)cc(Br)cc1F)C1CCC1. The van der Waals surface area contributed by atoms with Gasteiger partial charge in [0.25, 0.3) is 0 Å². The molecule has 0 unspecified atom stereocenters. The fourth-order valence-corrected chi connectivity index (χ4v) is 2.31. The van der Waals surface area contributed by atoms with Gasteiger partial charge in [0.05, 0.1) is 0 Å². The molecule has 2 N–H and O–H groups in total. The van der Waals surface area contributed by atoms with E-state index >= 15 is 0 Å². The smallest absolute Gasteiger partial charge is 0.132 e. The molecule has 0 aromatic heterocycles. The Morgan fingerprint density at radius 1 is 1.25 bits per heavy atom. The molecule has 2 rings (SSSR count). The number of nitrogens with two attached hydrogens (primary N) is 1. The standard InChI is InChI=1S/C11H12BrF2N.ClH/c12-7-4-8(13)10(9(14)5-7)11(15)6-2-1-3-6;/h4-6,11H,1-3,15H2;1H/t11-;/m1./s1. The first-order valence-electron chi connectivity index (χ1n) is 4.99. The van der Waals surface area contributed by atoms with Gasteiger partial charge in [0.15, 0.2) is 0 Å². The number of rotatable bonds is 2. The van der Waals surface area contributed by atoms with E-state index in [9.17, 15) is 8.78 Å². The minimum atomic E-state index is -0.554. The normalized spacial score (nSPS) is 17.5. The molecule has 0 bridgehead atoms. The first-order valence-corrected chi connectivity index (χ1v) is 5.79. The summed E-state index contributed by atoms with van der Waals surface area (Å²) in [5, 5.41) is 0. The molecule has 0 heterocycles. The topological polar surface area (TPSA) is 26.0 Å². The van der Waals surface area contributed by atoms with Crippen molar-refractivity contribution in [1.29, 1.82) is 0 Å². The summed E-state index contributed by atoms with van der Waals surface area (Å²) in [6.45, 7) is 0. The highest BCUT2D eigenvalue weighted by molar-refractivity contribution is 9.10. The van der Waals surface area contributed by atoms with Gasteiger partial charge in [0, 0.05) is 16.1 Å². The van der Waals surface area contributed by atoms with Gasteiger partial charge in [-0.15, -0.1) is 12.4 Å². The van der Waals surface area contributed by atoms with E-state index in [1.807, 2.05) is 0 Å². The molecule has 0 amide bonds. The van der Waals surface area contributed by atoms with E-state index in [1.165, 1.54) is 12.1 Å². The molecule has 90 valence electrons. The lowest BCUT2D eigenvalue weighted by molar-refractivity contribution is 0.256. The first-order chi connectivity index (χ1) is 7.09. The van der Waals surface area contributed by atoms with E-state index in [1.54, 1.807) is 0 Å². The van der Waals surface area contributed by atoms with Gasteiger partial charge in [-0.25, -0.2) is 8.78 Å². The summed E-state index contributed by atoms with van der Waals surface area (Å²) in [7, 11) is 0. The summed E-state index contributed by atoms with van der Waals surface area (Å²) in [6.07, 6.45) is 3.05. The third-order valence-electron chi connectivity index (χ3n) is 3.03. The van der Waals surface area contributed by atoms with Crippen LogP contribution in [-0.4, -0.2) is 0 Å². The minimum Gasteiger partial charge on any atom is -0.324 e. The lowest BCUT2D eigenvalue weighted by Gasteiger charge is -2.31. The van der Waals surface area contributed by atoms with Crippen molar-refractivity contribution in [3.63, 3.8) is 0 Å². The molecule has 1 atom stereocenters. The molecule has 1 nitrogen and oxygen atoms in total. The van der Waals surface area contributed by atoms with E-state index in [-0.39, 0.29) is 23.9 Å². The molecule has 0 saturated heterocycles. The maximum Gasteiger partial charge on any atom is 0.132 e. The average Bonchev–Trinajstić information content (AvgIpc) is 1.97. The molecule has 0 radical (unpaired) electrons. The van der Waals surface area contributed by atoms with Crippen LogP contribution in [-0.2, 0) is 0 Å². The van der Waals surface area contributed by atoms with Crippen molar-refractivity contribution in [1.82, 2.24) is 0 Å². The van der Waals surface area contributed by atoms with Crippen LogP contribution in [0.1, 0.15) is 30.9 Å². The van der Waals surface area contributed by atoms with Crippen LogP contribution < -0.4 is 5.73 Å². The third kappa shape index (κ3) is 2.55. The van der Waals surface area contributed by atoms with E-state index in [4.69, 9.17) is 5.73 Å². The average molecular weight is 313 g/mol. The predicted octanol–water partition coefficient (Wildman–Crippen LogP) is 3.95. The van der Waals surface area contributed by atoms with Crippen molar-refractivity contribution in [2.45, 2.75) is 25.3 Å². The lowest BCUT2D eigenvalue weighted by atomic mass is 9.77. The van der Waals surface area contributed by atoms with Crippen molar-refractivity contribution in [3.05, 3.63) is 33.8 Å². The van der Waals surface area contributed by atoms with Crippen LogP contribution in [0.25, 0.3) is 0 Å². The highest BCUT2D eigenvalue weighted by atomic mass is 79.9. The minimum absolute atomic E-state index is 0. The monoisotopic (exact) mass is 311 g/mol. The Bertz CT molecular complexity index is 359. The molecular formula is C11H13BrClF2N. The van der Waals surface area contributed by atoms with Gasteiger partial charge >= 0.3 is 0 Å². The Kier molecular flexibility index (Phi) is 4.71. The molecule has 1 aliphatic rings. The van der Waals surface area contributed by atoms with Crippen LogP contribution in [0.5, 0.6) is 0 Å². The second kappa shape index (κ2) is 5.43. The van der Waals surface area contributed by atoms with E-state index in [0.717, 1.165) is 19.3 Å². The summed E-state index contributed by atoms with van der Waals surface area (Å²) < 4.78 is 27.5. The second-order valence-electron chi connectivity index (χ2n) is 4.00. The highest BCUT2D eigenvalue weighted by Gasteiger charge is 2.29. The van der Waals surface area contributed by atoms with Crippen molar-refractivity contribution in [2.24, 2.45) is 11.7 Å². The van der Waals surface area contributed by atoms with Crippen LogP contribution >= 0.6 is 28.3 Å². The Morgan fingerprint density at radius 3 is 2.12 bits per heavy atom. The molecule has 16 heavy (non-hydrogen) atoms. The van der Waals surface area contributed by atoms with Crippen LogP contribution in [0, 0.1) is 17.6 Å². The second-order valence-corrected chi connectivity index (χ2v) is 4.92. The summed E-state index contributed by atoms with van der Waals surface area (Å²) >= 11 is 3.04. The molecule has 1 aromatic carbocycles. The largest absolute Gasteiger partial charge is 0.324 e. The highest BCUT2D eigenvalue weighted by Crippen LogP contribution is 2.38. The van der Waals surface area contributed by atoms with E-state index in [0.29, 0.717) is 4.47 Å². The number of halogens is 4. The zero-order valence-electron chi connectivity index (χ0n) is 8.55. The van der Waals surface area contributed by atoms with Gasteiger partial charge in [-0.1, -0.05) is 22.4 Å². The van der Waals surface area contributed by atoms with E-state index in [2.05, 4.69) is 15.9 Å². The zero-order valence-corrected chi connectivity index (χ0v) is 11.0. The van der Waals surface area contributed by atoms with E-state index < -0.39 is 17.7 Å². The molecule has 1 fully saturated rings. The Balaban J connectivity index is 0.00000128.